The van der Waals surface area contributed by atoms with Gasteiger partial charge in [0.15, 0.2) is 0 Å². The zero-order valence-electron chi connectivity index (χ0n) is 25.2. The van der Waals surface area contributed by atoms with E-state index in [0.717, 1.165) is 63.1 Å². The third-order valence-corrected chi connectivity index (χ3v) is 7.04. The number of H-pyrrole nitrogens is 1. The van der Waals surface area contributed by atoms with Gasteiger partial charge in [0.25, 0.3) is 11.9 Å². The maximum absolute atomic E-state index is 13.4. The van der Waals surface area contributed by atoms with E-state index in [0.29, 0.717) is 17.9 Å². The standard InChI is InChI=1S/C29H27N7O2.C4H11N/c1-17-14-33-29(34-25(30)13-18(2)31-3)35-26(17)22-15-32-27-20(22)9-5-11-24(27)36-16-23-19(8-6-12-37)7-4-10-21(23)28(36)38;1-3-4-5-2/h4-15,31-32H,16H2,1-3H3,(H2,30,33,34,35);5H,3-4H2,1-2H3/b8-6+,18-13-;. The molecule has 0 unspecified atom stereocenters. The Labute approximate surface area is 251 Å². The summed E-state index contributed by atoms with van der Waals surface area (Å²) in [6.07, 6.45) is 10.5. The maximum Gasteiger partial charge on any atom is 0.259 e. The Balaban J connectivity index is 0.000000782. The van der Waals surface area contributed by atoms with Crippen LogP contribution in [0.15, 0.2) is 71.6 Å². The first-order chi connectivity index (χ1) is 20.8. The zero-order chi connectivity index (χ0) is 30.9. The van der Waals surface area contributed by atoms with Gasteiger partial charge in [-0.15, -0.1) is 0 Å². The zero-order valence-corrected chi connectivity index (χ0v) is 25.2. The molecule has 10 nitrogen and oxygen atoms in total. The van der Waals surface area contributed by atoms with Crippen molar-refractivity contribution in [3.63, 3.8) is 0 Å². The summed E-state index contributed by atoms with van der Waals surface area (Å²) in [7, 11) is 3.77. The van der Waals surface area contributed by atoms with Crippen molar-refractivity contribution in [1.82, 2.24) is 25.6 Å². The second-order valence-corrected chi connectivity index (χ2v) is 10.1. The van der Waals surface area contributed by atoms with Crippen LogP contribution in [-0.2, 0) is 11.3 Å². The molecule has 43 heavy (non-hydrogen) atoms. The van der Waals surface area contributed by atoms with Crippen molar-refractivity contribution < 1.29 is 9.59 Å². The number of amidine groups is 1. The number of aldehydes is 1. The topological polar surface area (TPSA) is 141 Å². The minimum atomic E-state index is -0.0831. The van der Waals surface area contributed by atoms with E-state index in [9.17, 15) is 9.59 Å². The lowest BCUT2D eigenvalue weighted by Crippen LogP contribution is -2.23. The molecule has 4 aromatic rings. The molecule has 0 radical (unpaired) electrons. The smallest absolute Gasteiger partial charge is 0.259 e. The van der Waals surface area contributed by atoms with Crippen molar-refractivity contribution in [3.05, 3.63) is 88.9 Å². The maximum atomic E-state index is 13.4. The van der Waals surface area contributed by atoms with Gasteiger partial charge >= 0.3 is 0 Å². The number of allylic oxidation sites excluding steroid dienone is 2. The Bertz CT molecular complexity index is 1720. The summed E-state index contributed by atoms with van der Waals surface area (Å²) in [6.45, 7) is 7.52. The van der Waals surface area contributed by atoms with Crippen molar-refractivity contribution in [2.75, 3.05) is 25.5 Å². The van der Waals surface area contributed by atoms with Crippen LogP contribution in [0.25, 0.3) is 28.2 Å². The van der Waals surface area contributed by atoms with Gasteiger partial charge in [0.1, 0.15) is 12.1 Å². The van der Waals surface area contributed by atoms with E-state index >= 15 is 0 Å². The lowest BCUT2D eigenvalue weighted by atomic mass is 10.0. The summed E-state index contributed by atoms with van der Waals surface area (Å²) in [5, 5.41) is 6.94. The monoisotopic (exact) mass is 578 g/mol. The van der Waals surface area contributed by atoms with E-state index in [1.54, 1.807) is 23.2 Å². The summed E-state index contributed by atoms with van der Waals surface area (Å²) in [4.78, 5) is 42.7. The van der Waals surface area contributed by atoms with E-state index in [4.69, 9.17) is 5.73 Å². The van der Waals surface area contributed by atoms with Crippen LogP contribution in [0.2, 0.25) is 0 Å². The predicted octanol–water partition coefficient (Wildman–Crippen LogP) is 5.03. The van der Waals surface area contributed by atoms with Crippen LogP contribution < -0.4 is 21.3 Å². The van der Waals surface area contributed by atoms with Crippen LogP contribution in [-0.4, -0.2) is 53.6 Å². The van der Waals surface area contributed by atoms with Crippen LogP contribution in [0.3, 0.4) is 0 Å². The number of nitrogens with zero attached hydrogens (tertiary/aromatic N) is 4. The van der Waals surface area contributed by atoms with Crippen LogP contribution in [0.5, 0.6) is 0 Å². The number of nitrogens with one attached hydrogen (secondary N) is 3. The first-order valence-corrected chi connectivity index (χ1v) is 14.2. The number of nitrogens with two attached hydrogens (primary N) is 1. The molecular weight excluding hydrogens is 540 g/mol. The van der Waals surface area contributed by atoms with E-state index in [-0.39, 0.29) is 11.9 Å². The Kier molecular flexibility index (Phi) is 10.2. The number of anilines is 1. The molecule has 2 aromatic carbocycles. The molecule has 3 heterocycles. The molecule has 2 aromatic heterocycles. The predicted molar refractivity (Wildman–Crippen MR) is 174 cm³/mol. The molecule has 0 spiro atoms. The van der Waals surface area contributed by atoms with Gasteiger partial charge in [-0.2, -0.15) is 4.99 Å². The minimum Gasteiger partial charge on any atom is -0.392 e. The lowest BCUT2D eigenvalue weighted by Gasteiger charge is -2.17. The van der Waals surface area contributed by atoms with Gasteiger partial charge in [-0.25, -0.2) is 9.97 Å². The Morgan fingerprint density at radius 1 is 1.19 bits per heavy atom. The Morgan fingerprint density at radius 3 is 2.67 bits per heavy atom. The molecule has 5 rings (SSSR count). The number of aryl methyl sites for hydroxylation is 1. The molecule has 10 heteroatoms. The molecule has 0 saturated heterocycles. The highest BCUT2D eigenvalue weighted by Crippen LogP contribution is 2.38. The van der Waals surface area contributed by atoms with Gasteiger partial charge in [0.05, 0.1) is 23.4 Å². The molecule has 0 fully saturated rings. The van der Waals surface area contributed by atoms with Crippen molar-refractivity contribution in [1.29, 1.82) is 0 Å². The molecule has 0 bridgehead atoms. The fraction of sp³-hybridized carbons (Fsp3) is 0.242. The van der Waals surface area contributed by atoms with Crippen LogP contribution in [0.4, 0.5) is 11.6 Å². The first kappa shape index (κ1) is 30.9. The lowest BCUT2D eigenvalue weighted by molar-refractivity contribution is -0.104. The number of carbonyl (C=O) groups excluding carboxylic acids is 2. The summed E-state index contributed by atoms with van der Waals surface area (Å²) in [6, 6.07) is 11.4. The average Bonchev–Trinajstić information content (AvgIpc) is 3.59. The fourth-order valence-corrected chi connectivity index (χ4v) is 4.86. The number of hydrogen-bond acceptors (Lipinski definition) is 7. The molecule has 1 amide bonds. The van der Waals surface area contributed by atoms with Gasteiger partial charge in [-0.3, -0.25) is 9.59 Å². The number of fused-ring (bicyclic) bond motifs is 2. The molecule has 1 aliphatic rings. The van der Waals surface area contributed by atoms with Gasteiger partial charge in [-0.05, 0) is 74.8 Å². The summed E-state index contributed by atoms with van der Waals surface area (Å²) in [5.41, 5.74) is 13.4. The number of aliphatic imine (C=N–C) groups is 1. The van der Waals surface area contributed by atoms with Crippen LogP contribution >= 0.6 is 0 Å². The molecule has 1 aliphatic heterocycles. The third-order valence-electron chi connectivity index (χ3n) is 7.04. The average molecular weight is 579 g/mol. The summed E-state index contributed by atoms with van der Waals surface area (Å²) in [5.74, 6) is 0.470. The van der Waals surface area contributed by atoms with Crippen molar-refractivity contribution in [2.24, 2.45) is 10.7 Å². The Morgan fingerprint density at radius 2 is 1.98 bits per heavy atom. The third kappa shape index (κ3) is 6.87. The highest BCUT2D eigenvalue weighted by atomic mass is 16.2. The second-order valence-electron chi connectivity index (χ2n) is 10.1. The number of para-hydroxylation sites is 1. The highest BCUT2D eigenvalue weighted by Gasteiger charge is 2.31. The summed E-state index contributed by atoms with van der Waals surface area (Å²) >= 11 is 0. The van der Waals surface area contributed by atoms with Gasteiger partial charge in [0, 0.05) is 41.7 Å². The number of amides is 1. The number of aromatic nitrogens is 3. The molecule has 0 aliphatic carbocycles. The number of carbonyl (C=O) groups is 2. The number of rotatable bonds is 9. The number of aromatic amines is 1. The molecule has 5 N–H and O–H groups in total. The summed E-state index contributed by atoms with van der Waals surface area (Å²) < 4.78 is 0. The van der Waals surface area contributed by atoms with Gasteiger partial charge < -0.3 is 26.3 Å². The van der Waals surface area contributed by atoms with Crippen molar-refractivity contribution in [3.8, 4) is 11.3 Å². The van der Waals surface area contributed by atoms with E-state index in [1.807, 2.05) is 70.5 Å². The quantitative estimate of drug-likeness (QED) is 0.0944. The highest BCUT2D eigenvalue weighted by molar-refractivity contribution is 6.15. The largest absolute Gasteiger partial charge is 0.392 e. The molecule has 222 valence electrons. The molecule has 0 atom stereocenters. The minimum absolute atomic E-state index is 0.0831. The first-order valence-electron chi connectivity index (χ1n) is 14.2. The van der Waals surface area contributed by atoms with Gasteiger partial charge in [0.2, 0.25) is 0 Å². The SMILES string of the molecule is CCCNC.CN/C(C)=C\C(N)=N/c1ncc(C)c(-c2c[nH]c3c(N4Cc5c(/C=C/C=O)cccc5C4=O)cccc23)n1. The van der Waals surface area contributed by atoms with Gasteiger partial charge in [-0.1, -0.05) is 37.3 Å². The normalized spacial score (nSPS) is 13.3. The number of benzene rings is 2. The van der Waals surface area contributed by atoms with Crippen molar-refractivity contribution in [2.45, 2.75) is 33.7 Å². The molecular formula is C33H38N8O2. The Hall–Kier alpha value is -5.09. The van der Waals surface area contributed by atoms with Crippen molar-refractivity contribution >= 4 is 46.6 Å². The van der Waals surface area contributed by atoms with E-state index < -0.39 is 0 Å². The number of hydrogen-bond donors (Lipinski definition) is 4. The fourth-order valence-electron chi connectivity index (χ4n) is 4.86. The van der Waals surface area contributed by atoms with E-state index in [2.05, 4.69) is 37.5 Å². The van der Waals surface area contributed by atoms with Crippen LogP contribution in [0.1, 0.15) is 47.3 Å². The van der Waals surface area contributed by atoms with Crippen LogP contribution in [0, 0.1) is 6.92 Å². The molecule has 0 saturated carbocycles. The second kappa shape index (κ2) is 14.2. The van der Waals surface area contributed by atoms with E-state index in [1.165, 1.54) is 12.5 Å².